The molecule has 0 aliphatic carbocycles. The third-order valence-electron chi connectivity index (χ3n) is 2.56. The Kier molecular flexibility index (Phi) is 6.01. The second-order valence-corrected chi connectivity index (χ2v) is 4.06. The molecule has 0 heterocycles. The largest absolute Gasteiger partial charge is 0.460 e. The van der Waals surface area contributed by atoms with Crippen LogP contribution in [0.15, 0.2) is 48.4 Å². The number of allylic oxidation sites excluding steroid dienone is 1. The molecule has 0 spiro atoms. The van der Waals surface area contributed by atoms with Crippen molar-refractivity contribution >= 4 is 5.76 Å². The van der Waals surface area contributed by atoms with Gasteiger partial charge < -0.3 is 15.6 Å². The molecule has 3 heteroatoms. The highest BCUT2D eigenvalue weighted by Crippen LogP contribution is 2.21. The SMILES string of the molecule is C=C(O/C(CCC)=C(\N)CCO)c1ccccc1. The van der Waals surface area contributed by atoms with Gasteiger partial charge in [-0.3, -0.25) is 0 Å². The van der Waals surface area contributed by atoms with Crippen LogP contribution in [-0.4, -0.2) is 11.7 Å². The van der Waals surface area contributed by atoms with Crippen LogP contribution >= 0.6 is 0 Å². The van der Waals surface area contributed by atoms with E-state index in [0.29, 0.717) is 23.6 Å². The predicted molar refractivity (Wildman–Crippen MR) is 74.4 cm³/mol. The molecule has 18 heavy (non-hydrogen) atoms. The number of aliphatic hydroxyl groups is 1. The minimum Gasteiger partial charge on any atom is -0.460 e. The van der Waals surface area contributed by atoms with E-state index in [1.807, 2.05) is 30.3 Å². The first-order valence-electron chi connectivity index (χ1n) is 6.19. The molecular weight excluding hydrogens is 226 g/mol. The fourth-order valence-corrected chi connectivity index (χ4v) is 1.60. The van der Waals surface area contributed by atoms with Crippen LogP contribution in [0.25, 0.3) is 5.76 Å². The topological polar surface area (TPSA) is 55.5 Å². The standard InChI is InChI=1S/C15H21NO2/c1-3-7-15(14(16)10-11-17)18-12(2)13-8-5-4-6-9-13/h4-6,8-9,17H,2-3,7,10-11,16H2,1H3/b15-14-. The predicted octanol–water partition coefficient (Wildman–Crippen LogP) is 3.03. The van der Waals surface area contributed by atoms with Crippen LogP contribution in [-0.2, 0) is 4.74 Å². The van der Waals surface area contributed by atoms with Gasteiger partial charge in [-0.15, -0.1) is 0 Å². The maximum Gasteiger partial charge on any atom is 0.127 e. The van der Waals surface area contributed by atoms with Gasteiger partial charge in [0, 0.05) is 30.7 Å². The first-order chi connectivity index (χ1) is 8.69. The van der Waals surface area contributed by atoms with Gasteiger partial charge in [-0.1, -0.05) is 43.8 Å². The number of nitrogens with two attached hydrogens (primary N) is 1. The van der Waals surface area contributed by atoms with Gasteiger partial charge in [-0.05, 0) is 6.42 Å². The molecule has 0 aromatic heterocycles. The summed E-state index contributed by atoms with van der Waals surface area (Å²) < 4.78 is 5.74. The normalized spacial score (nSPS) is 11.9. The fourth-order valence-electron chi connectivity index (χ4n) is 1.60. The molecule has 0 aliphatic heterocycles. The van der Waals surface area contributed by atoms with Gasteiger partial charge >= 0.3 is 0 Å². The van der Waals surface area contributed by atoms with E-state index in [0.717, 1.165) is 18.4 Å². The maximum atomic E-state index is 8.91. The Morgan fingerprint density at radius 3 is 2.50 bits per heavy atom. The third-order valence-corrected chi connectivity index (χ3v) is 2.56. The van der Waals surface area contributed by atoms with Crippen LogP contribution in [0.5, 0.6) is 0 Å². The molecule has 1 rings (SSSR count). The highest BCUT2D eigenvalue weighted by molar-refractivity contribution is 5.58. The lowest BCUT2D eigenvalue weighted by Crippen LogP contribution is -2.07. The van der Waals surface area contributed by atoms with Crippen molar-refractivity contribution in [3.8, 4) is 0 Å². The minimum absolute atomic E-state index is 0.0280. The molecule has 0 aliphatic rings. The molecule has 3 nitrogen and oxygen atoms in total. The van der Waals surface area contributed by atoms with E-state index in [4.69, 9.17) is 15.6 Å². The summed E-state index contributed by atoms with van der Waals surface area (Å²) in [5.74, 6) is 1.29. The van der Waals surface area contributed by atoms with Crippen LogP contribution in [0.1, 0.15) is 31.7 Å². The summed E-state index contributed by atoms with van der Waals surface area (Å²) in [5.41, 5.74) is 7.42. The van der Waals surface area contributed by atoms with Crippen molar-refractivity contribution in [3.63, 3.8) is 0 Å². The molecule has 0 saturated carbocycles. The highest BCUT2D eigenvalue weighted by Gasteiger charge is 2.08. The molecular formula is C15H21NO2. The van der Waals surface area contributed by atoms with E-state index in [-0.39, 0.29) is 6.61 Å². The van der Waals surface area contributed by atoms with Gasteiger partial charge in [0.25, 0.3) is 0 Å². The average molecular weight is 247 g/mol. The van der Waals surface area contributed by atoms with Crippen LogP contribution in [0.4, 0.5) is 0 Å². The molecule has 0 saturated heterocycles. The van der Waals surface area contributed by atoms with E-state index >= 15 is 0 Å². The molecule has 1 aromatic rings. The van der Waals surface area contributed by atoms with E-state index in [1.54, 1.807) is 0 Å². The zero-order valence-corrected chi connectivity index (χ0v) is 10.9. The molecule has 0 bridgehead atoms. The Labute approximate surface area is 109 Å². The van der Waals surface area contributed by atoms with Gasteiger partial charge in [0.15, 0.2) is 0 Å². The molecule has 1 aromatic carbocycles. The first kappa shape index (κ1) is 14.3. The molecule has 0 atom stereocenters. The van der Waals surface area contributed by atoms with Gasteiger partial charge in [-0.2, -0.15) is 0 Å². The Hall–Kier alpha value is -1.74. The molecule has 0 fully saturated rings. The molecule has 0 radical (unpaired) electrons. The Bertz CT molecular complexity index is 410. The summed E-state index contributed by atoms with van der Waals surface area (Å²) in [7, 11) is 0. The van der Waals surface area contributed by atoms with E-state index in [2.05, 4.69) is 13.5 Å². The highest BCUT2D eigenvalue weighted by atomic mass is 16.5. The second kappa shape index (κ2) is 7.56. The number of hydrogen-bond donors (Lipinski definition) is 2. The van der Waals surface area contributed by atoms with Gasteiger partial charge in [0.2, 0.25) is 0 Å². The van der Waals surface area contributed by atoms with Crippen molar-refractivity contribution in [2.45, 2.75) is 26.2 Å². The number of hydrogen-bond acceptors (Lipinski definition) is 3. The van der Waals surface area contributed by atoms with Crippen molar-refractivity contribution in [1.82, 2.24) is 0 Å². The van der Waals surface area contributed by atoms with Crippen LogP contribution < -0.4 is 5.73 Å². The lowest BCUT2D eigenvalue weighted by Gasteiger charge is -2.14. The van der Waals surface area contributed by atoms with Crippen molar-refractivity contribution in [2.24, 2.45) is 5.73 Å². The minimum atomic E-state index is 0.0280. The zero-order valence-electron chi connectivity index (χ0n) is 10.9. The number of ether oxygens (including phenoxy) is 1. The molecule has 3 N–H and O–H groups in total. The Balaban J connectivity index is 2.79. The van der Waals surface area contributed by atoms with Crippen LogP contribution in [0.2, 0.25) is 0 Å². The van der Waals surface area contributed by atoms with Crippen LogP contribution in [0, 0.1) is 0 Å². The zero-order chi connectivity index (χ0) is 13.4. The summed E-state index contributed by atoms with van der Waals surface area (Å²) in [5, 5.41) is 8.91. The van der Waals surface area contributed by atoms with Gasteiger partial charge in [-0.25, -0.2) is 0 Å². The van der Waals surface area contributed by atoms with E-state index in [1.165, 1.54) is 0 Å². The summed E-state index contributed by atoms with van der Waals surface area (Å²) in [4.78, 5) is 0. The third kappa shape index (κ3) is 4.26. The Morgan fingerprint density at radius 2 is 1.94 bits per heavy atom. The lowest BCUT2D eigenvalue weighted by atomic mass is 10.2. The smallest absolute Gasteiger partial charge is 0.127 e. The van der Waals surface area contributed by atoms with Crippen LogP contribution in [0.3, 0.4) is 0 Å². The molecule has 98 valence electrons. The van der Waals surface area contributed by atoms with Crippen molar-refractivity contribution in [1.29, 1.82) is 0 Å². The lowest BCUT2D eigenvalue weighted by molar-refractivity contribution is 0.291. The maximum absolute atomic E-state index is 8.91. The second-order valence-electron chi connectivity index (χ2n) is 4.06. The van der Waals surface area contributed by atoms with Gasteiger partial charge in [0.05, 0.1) is 0 Å². The number of aliphatic hydroxyl groups excluding tert-OH is 1. The molecule has 0 unspecified atom stereocenters. The van der Waals surface area contributed by atoms with Crippen molar-refractivity contribution in [2.75, 3.05) is 6.61 Å². The summed E-state index contributed by atoms with van der Waals surface area (Å²) in [6, 6.07) is 9.69. The monoisotopic (exact) mass is 247 g/mol. The van der Waals surface area contributed by atoms with E-state index < -0.39 is 0 Å². The van der Waals surface area contributed by atoms with Crippen molar-refractivity contribution in [3.05, 3.63) is 53.9 Å². The molecule has 0 amide bonds. The Morgan fingerprint density at radius 1 is 1.28 bits per heavy atom. The van der Waals surface area contributed by atoms with E-state index in [9.17, 15) is 0 Å². The summed E-state index contributed by atoms with van der Waals surface area (Å²) >= 11 is 0. The van der Waals surface area contributed by atoms with Crippen molar-refractivity contribution < 1.29 is 9.84 Å². The van der Waals surface area contributed by atoms with Gasteiger partial charge in [0.1, 0.15) is 11.5 Å². The average Bonchev–Trinajstić information content (AvgIpc) is 2.39. The first-order valence-corrected chi connectivity index (χ1v) is 6.19. The summed E-state index contributed by atoms with van der Waals surface area (Å²) in [6.45, 7) is 6.00. The number of rotatable bonds is 7. The quantitative estimate of drug-likeness (QED) is 0.728. The number of benzene rings is 1. The fraction of sp³-hybridized carbons (Fsp3) is 0.333. The summed E-state index contributed by atoms with van der Waals surface area (Å²) in [6.07, 6.45) is 2.11.